The Morgan fingerprint density at radius 3 is 2.63 bits per heavy atom. The molecule has 136 valence electrons. The Morgan fingerprint density at radius 2 is 1.81 bits per heavy atom. The molecule has 1 aliphatic heterocycles. The van der Waals surface area contributed by atoms with Crippen LogP contribution in [-0.4, -0.2) is 18.4 Å². The molecule has 1 fully saturated rings. The van der Waals surface area contributed by atoms with Crippen LogP contribution in [0.5, 0.6) is 0 Å². The van der Waals surface area contributed by atoms with E-state index in [-0.39, 0.29) is 24.2 Å². The van der Waals surface area contributed by atoms with Gasteiger partial charge in [0, 0.05) is 24.0 Å². The number of carbonyl (C=O) groups is 2. The third-order valence-corrected chi connectivity index (χ3v) is 5.19. The van der Waals surface area contributed by atoms with Gasteiger partial charge in [-0.1, -0.05) is 54.1 Å². The second-order valence-corrected chi connectivity index (χ2v) is 7.21. The monoisotopic (exact) mass is 358 g/mol. The maximum absolute atomic E-state index is 12.7. The van der Waals surface area contributed by atoms with Crippen molar-refractivity contribution in [2.24, 2.45) is 5.92 Å². The van der Waals surface area contributed by atoms with E-state index in [0.29, 0.717) is 6.54 Å². The molecular formula is C23H22N2O2. The minimum Gasteiger partial charge on any atom is -0.326 e. The smallest absolute Gasteiger partial charge is 0.229 e. The van der Waals surface area contributed by atoms with E-state index in [1.165, 1.54) is 0 Å². The second kappa shape index (κ2) is 6.88. The van der Waals surface area contributed by atoms with Crippen molar-refractivity contribution in [1.29, 1.82) is 0 Å². The average molecular weight is 358 g/mol. The van der Waals surface area contributed by atoms with E-state index in [2.05, 4.69) is 5.32 Å². The number of carbonyl (C=O) groups excluding carboxylic acids is 2. The van der Waals surface area contributed by atoms with Crippen molar-refractivity contribution in [2.45, 2.75) is 20.3 Å². The standard InChI is InChI=1S/C23H22N2O2/c1-15-10-11-20(16(2)12-15)24-23(27)18-13-22(26)25(14-18)21-9-5-7-17-6-3-4-8-19(17)21/h3-12,18H,13-14H2,1-2H3,(H,24,27). The third-order valence-electron chi connectivity index (χ3n) is 5.19. The number of benzene rings is 3. The number of aryl methyl sites for hydroxylation is 2. The summed E-state index contributed by atoms with van der Waals surface area (Å²) in [5.41, 5.74) is 3.86. The SMILES string of the molecule is Cc1ccc(NC(=O)C2CC(=O)N(c3cccc4ccccc34)C2)c(C)c1. The van der Waals surface area contributed by atoms with Gasteiger partial charge in [-0.05, 0) is 36.9 Å². The Morgan fingerprint density at radius 1 is 1.04 bits per heavy atom. The molecule has 0 radical (unpaired) electrons. The number of nitrogens with one attached hydrogen (secondary N) is 1. The molecule has 0 aliphatic carbocycles. The van der Waals surface area contributed by atoms with E-state index in [1.54, 1.807) is 4.90 Å². The van der Waals surface area contributed by atoms with Crippen LogP contribution in [0.15, 0.2) is 60.7 Å². The second-order valence-electron chi connectivity index (χ2n) is 7.21. The van der Waals surface area contributed by atoms with Gasteiger partial charge in [-0.2, -0.15) is 0 Å². The molecule has 1 unspecified atom stereocenters. The number of fused-ring (bicyclic) bond motifs is 1. The van der Waals surface area contributed by atoms with Gasteiger partial charge in [0.15, 0.2) is 0 Å². The lowest BCUT2D eigenvalue weighted by Crippen LogP contribution is -2.28. The van der Waals surface area contributed by atoms with Crippen molar-refractivity contribution < 1.29 is 9.59 Å². The van der Waals surface area contributed by atoms with Crippen molar-refractivity contribution in [3.05, 3.63) is 71.8 Å². The van der Waals surface area contributed by atoms with Gasteiger partial charge >= 0.3 is 0 Å². The highest BCUT2D eigenvalue weighted by molar-refractivity contribution is 6.08. The van der Waals surface area contributed by atoms with Crippen molar-refractivity contribution in [2.75, 3.05) is 16.8 Å². The van der Waals surface area contributed by atoms with Crippen LogP contribution in [0.4, 0.5) is 11.4 Å². The van der Waals surface area contributed by atoms with Crippen LogP contribution >= 0.6 is 0 Å². The Kier molecular flexibility index (Phi) is 4.40. The highest BCUT2D eigenvalue weighted by Crippen LogP contribution is 2.32. The van der Waals surface area contributed by atoms with Crippen LogP contribution in [0.1, 0.15) is 17.5 Å². The molecule has 1 saturated heterocycles. The Hall–Kier alpha value is -3.14. The van der Waals surface area contributed by atoms with E-state index in [4.69, 9.17) is 0 Å². The summed E-state index contributed by atoms with van der Waals surface area (Å²) in [6.07, 6.45) is 0.236. The van der Waals surface area contributed by atoms with Crippen molar-refractivity contribution in [1.82, 2.24) is 0 Å². The Bertz CT molecular complexity index is 1040. The molecule has 0 bridgehead atoms. The molecule has 2 amide bonds. The van der Waals surface area contributed by atoms with Gasteiger partial charge in [-0.15, -0.1) is 0 Å². The van der Waals surface area contributed by atoms with Crippen LogP contribution in [0, 0.1) is 19.8 Å². The molecule has 0 aromatic heterocycles. The van der Waals surface area contributed by atoms with Gasteiger partial charge in [-0.3, -0.25) is 9.59 Å². The minimum absolute atomic E-state index is 0.00729. The van der Waals surface area contributed by atoms with Gasteiger partial charge in [0.2, 0.25) is 11.8 Å². The first-order valence-electron chi connectivity index (χ1n) is 9.19. The molecule has 1 aliphatic rings. The number of nitrogens with zero attached hydrogens (tertiary/aromatic N) is 1. The molecule has 1 heterocycles. The first-order chi connectivity index (χ1) is 13.0. The number of hydrogen-bond donors (Lipinski definition) is 1. The van der Waals surface area contributed by atoms with Gasteiger partial charge in [0.25, 0.3) is 0 Å². The lowest BCUT2D eigenvalue weighted by molar-refractivity contribution is -0.122. The first kappa shape index (κ1) is 17.3. The summed E-state index contributed by atoms with van der Waals surface area (Å²) in [6.45, 7) is 4.41. The van der Waals surface area contributed by atoms with Crippen LogP contribution < -0.4 is 10.2 Å². The normalized spacial score (nSPS) is 16.7. The summed E-state index contributed by atoms with van der Waals surface area (Å²) >= 11 is 0. The quantitative estimate of drug-likeness (QED) is 0.752. The lowest BCUT2D eigenvalue weighted by atomic mass is 10.1. The van der Waals surface area contributed by atoms with Gasteiger partial charge in [0.1, 0.15) is 0 Å². The number of amides is 2. The van der Waals surface area contributed by atoms with Crippen molar-refractivity contribution in [3.63, 3.8) is 0 Å². The molecule has 27 heavy (non-hydrogen) atoms. The molecule has 0 saturated carbocycles. The predicted octanol–water partition coefficient (Wildman–Crippen LogP) is 4.45. The molecule has 0 spiro atoms. The molecule has 1 N–H and O–H groups in total. The molecule has 4 rings (SSSR count). The molecule has 4 nitrogen and oxygen atoms in total. The predicted molar refractivity (Wildman–Crippen MR) is 109 cm³/mol. The van der Waals surface area contributed by atoms with E-state index in [9.17, 15) is 9.59 Å². The average Bonchev–Trinajstić information content (AvgIpc) is 3.05. The molecule has 3 aromatic rings. The van der Waals surface area contributed by atoms with Gasteiger partial charge < -0.3 is 10.2 Å². The summed E-state index contributed by atoms with van der Waals surface area (Å²) in [6, 6.07) is 19.9. The Labute approximate surface area is 158 Å². The van der Waals surface area contributed by atoms with Crippen LogP contribution in [0.3, 0.4) is 0 Å². The molecule has 4 heteroatoms. The summed E-state index contributed by atoms with van der Waals surface area (Å²) in [7, 11) is 0. The highest BCUT2D eigenvalue weighted by Gasteiger charge is 2.35. The van der Waals surface area contributed by atoms with Crippen molar-refractivity contribution >= 4 is 34.0 Å². The highest BCUT2D eigenvalue weighted by atomic mass is 16.2. The number of hydrogen-bond acceptors (Lipinski definition) is 2. The van der Waals surface area contributed by atoms with E-state index in [0.717, 1.165) is 33.3 Å². The fourth-order valence-electron chi connectivity index (χ4n) is 3.75. The van der Waals surface area contributed by atoms with E-state index < -0.39 is 0 Å². The maximum Gasteiger partial charge on any atom is 0.229 e. The zero-order valence-corrected chi connectivity index (χ0v) is 15.5. The summed E-state index contributed by atoms with van der Waals surface area (Å²) in [5, 5.41) is 5.11. The summed E-state index contributed by atoms with van der Waals surface area (Å²) in [4.78, 5) is 27.1. The fraction of sp³-hybridized carbons (Fsp3) is 0.217. The lowest BCUT2D eigenvalue weighted by Gasteiger charge is -2.19. The third kappa shape index (κ3) is 3.31. The largest absolute Gasteiger partial charge is 0.326 e. The maximum atomic E-state index is 12.7. The topological polar surface area (TPSA) is 49.4 Å². The molecular weight excluding hydrogens is 336 g/mol. The zero-order chi connectivity index (χ0) is 19.0. The summed E-state index contributed by atoms with van der Waals surface area (Å²) < 4.78 is 0. The van der Waals surface area contributed by atoms with Crippen LogP contribution in [0.25, 0.3) is 10.8 Å². The Balaban J connectivity index is 1.56. The fourth-order valence-corrected chi connectivity index (χ4v) is 3.75. The zero-order valence-electron chi connectivity index (χ0n) is 15.5. The number of rotatable bonds is 3. The molecule has 3 aromatic carbocycles. The van der Waals surface area contributed by atoms with Crippen LogP contribution in [-0.2, 0) is 9.59 Å². The van der Waals surface area contributed by atoms with Gasteiger partial charge in [-0.25, -0.2) is 0 Å². The van der Waals surface area contributed by atoms with Crippen molar-refractivity contribution in [3.8, 4) is 0 Å². The molecule has 1 atom stereocenters. The minimum atomic E-state index is -0.350. The van der Waals surface area contributed by atoms with E-state index >= 15 is 0 Å². The first-order valence-corrected chi connectivity index (χ1v) is 9.19. The summed E-state index contributed by atoms with van der Waals surface area (Å²) in [5.74, 6) is -0.456. The van der Waals surface area contributed by atoms with Crippen LogP contribution in [0.2, 0.25) is 0 Å². The van der Waals surface area contributed by atoms with Gasteiger partial charge in [0.05, 0.1) is 11.6 Å². The number of anilines is 2. The van der Waals surface area contributed by atoms with E-state index in [1.807, 2.05) is 74.5 Å².